The van der Waals surface area contributed by atoms with Gasteiger partial charge in [-0.1, -0.05) is 39.8 Å². The second-order valence-corrected chi connectivity index (χ2v) is 9.44. The molecule has 6 nitrogen and oxygen atoms in total. The van der Waals surface area contributed by atoms with E-state index in [1.807, 2.05) is 14.1 Å². The van der Waals surface area contributed by atoms with Gasteiger partial charge in [0.25, 0.3) is 0 Å². The number of allylic oxidation sites excluding steroid dienone is 4. The number of carbonyl (C=O) groups excluding carboxylic acids is 1. The van der Waals surface area contributed by atoms with Gasteiger partial charge >= 0.3 is 6.03 Å². The fourth-order valence-corrected chi connectivity index (χ4v) is 4.91. The molecule has 32 heavy (non-hydrogen) atoms. The minimum Gasteiger partial charge on any atom is -0.357 e. The van der Waals surface area contributed by atoms with Gasteiger partial charge in [-0.15, -0.1) is 0 Å². The second-order valence-electron chi connectivity index (χ2n) is 9.44. The lowest BCUT2D eigenvalue weighted by atomic mass is 9.69. The molecule has 1 saturated carbocycles. The van der Waals surface area contributed by atoms with Gasteiger partial charge in [-0.05, 0) is 44.9 Å². The quantitative estimate of drug-likeness (QED) is 0.380. The Bertz CT molecular complexity index is 894. The highest BCUT2D eigenvalue weighted by Gasteiger charge is 2.37. The van der Waals surface area contributed by atoms with E-state index in [-0.39, 0.29) is 11.9 Å². The van der Waals surface area contributed by atoms with Crippen LogP contribution in [-0.4, -0.2) is 60.0 Å². The molecular weight excluding hydrogens is 398 g/mol. The molecule has 0 spiro atoms. The van der Waals surface area contributed by atoms with Crippen LogP contribution >= 0.6 is 0 Å². The molecule has 3 aliphatic rings. The Morgan fingerprint density at radius 3 is 2.56 bits per heavy atom. The highest BCUT2D eigenvalue weighted by atomic mass is 16.2. The number of fused-ring (bicyclic) bond motifs is 1. The van der Waals surface area contributed by atoms with Crippen molar-refractivity contribution in [2.24, 2.45) is 27.7 Å². The number of nitrogens with zero attached hydrogens (tertiary/aromatic N) is 5. The molecule has 6 heteroatoms. The van der Waals surface area contributed by atoms with Crippen LogP contribution in [0.4, 0.5) is 4.79 Å². The third-order valence-corrected chi connectivity index (χ3v) is 7.25. The molecular formula is C26H41N5O. The minimum absolute atomic E-state index is 0.0492. The van der Waals surface area contributed by atoms with Crippen LogP contribution in [0.3, 0.4) is 0 Å². The van der Waals surface area contributed by atoms with Crippen LogP contribution in [0.1, 0.15) is 66.7 Å². The van der Waals surface area contributed by atoms with Gasteiger partial charge < -0.3 is 4.90 Å². The Labute approximate surface area is 194 Å². The van der Waals surface area contributed by atoms with E-state index in [4.69, 9.17) is 9.98 Å². The summed E-state index contributed by atoms with van der Waals surface area (Å²) >= 11 is 0. The fourth-order valence-electron chi connectivity index (χ4n) is 4.91. The summed E-state index contributed by atoms with van der Waals surface area (Å²) in [6.07, 6.45) is 9.86. The van der Waals surface area contributed by atoms with E-state index in [9.17, 15) is 4.79 Å². The number of hydrogen-bond donors (Lipinski definition) is 0. The molecule has 3 rings (SSSR count). The molecule has 3 atom stereocenters. The van der Waals surface area contributed by atoms with E-state index in [1.54, 1.807) is 9.80 Å². The van der Waals surface area contributed by atoms with Crippen LogP contribution in [0.2, 0.25) is 0 Å². The predicted octanol–water partition coefficient (Wildman–Crippen LogP) is 5.66. The van der Waals surface area contributed by atoms with Crippen LogP contribution in [0.15, 0.2) is 44.9 Å². The minimum atomic E-state index is -0.0492. The molecule has 0 saturated heterocycles. The van der Waals surface area contributed by atoms with Crippen molar-refractivity contribution in [3.05, 3.63) is 34.9 Å². The summed E-state index contributed by atoms with van der Waals surface area (Å²) in [5, 5.41) is 0. The highest BCUT2D eigenvalue weighted by molar-refractivity contribution is 5.96. The van der Waals surface area contributed by atoms with E-state index in [1.165, 1.54) is 24.3 Å². The Hall–Kier alpha value is -2.37. The first-order valence-corrected chi connectivity index (χ1v) is 12.2. The molecule has 0 radical (unpaired) electrons. The summed E-state index contributed by atoms with van der Waals surface area (Å²) in [6, 6.07) is -0.0492. The van der Waals surface area contributed by atoms with Crippen LogP contribution < -0.4 is 0 Å². The highest BCUT2D eigenvalue weighted by Crippen LogP contribution is 2.41. The maximum absolute atomic E-state index is 12.9. The molecule has 176 valence electrons. The molecule has 3 unspecified atom stereocenters. The van der Waals surface area contributed by atoms with Crippen molar-refractivity contribution in [2.45, 2.75) is 66.7 Å². The van der Waals surface area contributed by atoms with Gasteiger partial charge in [0.2, 0.25) is 0 Å². The number of amides is 2. The zero-order valence-electron chi connectivity index (χ0n) is 21.3. The predicted molar refractivity (Wildman–Crippen MR) is 134 cm³/mol. The van der Waals surface area contributed by atoms with Gasteiger partial charge in [0.05, 0.1) is 6.54 Å². The van der Waals surface area contributed by atoms with Crippen LogP contribution in [-0.2, 0) is 0 Å². The number of aliphatic imine (C=N–C) groups is 2. The molecule has 2 heterocycles. The lowest BCUT2D eigenvalue weighted by molar-refractivity contribution is 0.189. The number of likely N-dealkylation sites (N-methyl/N-ethyl adjacent to an activating group) is 1. The van der Waals surface area contributed by atoms with Crippen molar-refractivity contribution < 1.29 is 4.79 Å². The van der Waals surface area contributed by atoms with Crippen LogP contribution in [0, 0.1) is 17.8 Å². The van der Waals surface area contributed by atoms with Gasteiger partial charge in [0, 0.05) is 55.7 Å². The number of rotatable bonds is 7. The summed E-state index contributed by atoms with van der Waals surface area (Å²) in [4.78, 5) is 28.7. The molecule has 2 aliphatic heterocycles. The normalized spacial score (nSPS) is 26.1. The first-order chi connectivity index (χ1) is 15.2. The zero-order valence-corrected chi connectivity index (χ0v) is 21.3. The Kier molecular flexibility index (Phi) is 7.63. The van der Waals surface area contributed by atoms with E-state index in [2.05, 4.69) is 58.7 Å². The largest absolute Gasteiger partial charge is 0.357 e. The van der Waals surface area contributed by atoms with E-state index in [0.717, 1.165) is 48.7 Å². The van der Waals surface area contributed by atoms with E-state index >= 15 is 0 Å². The van der Waals surface area contributed by atoms with Crippen molar-refractivity contribution >= 4 is 17.6 Å². The van der Waals surface area contributed by atoms with Gasteiger partial charge in [-0.3, -0.25) is 14.8 Å². The summed E-state index contributed by atoms with van der Waals surface area (Å²) in [7, 11) is 5.78. The fraction of sp³-hybridized carbons (Fsp3) is 0.654. The molecule has 0 aromatic carbocycles. The third-order valence-electron chi connectivity index (χ3n) is 7.25. The SMILES string of the molecule is CC/C=C1C(C)=C(/N=C(\C(C)CC)N(C)CC2=NC(CC)=CC3CCC23)N(C)C(=O)N/1C. The number of carbonyl (C=O) groups is 1. The van der Waals surface area contributed by atoms with Crippen molar-refractivity contribution in [1.29, 1.82) is 0 Å². The molecule has 0 aromatic rings. The summed E-state index contributed by atoms with van der Waals surface area (Å²) < 4.78 is 0. The molecule has 0 bridgehead atoms. The van der Waals surface area contributed by atoms with Gasteiger partial charge in [-0.2, -0.15) is 0 Å². The van der Waals surface area contributed by atoms with Crippen molar-refractivity contribution in [3.8, 4) is 0 Å². The Balaban J connectivity index is 1.97. The standard InChI is InChI=1S/C26H41N5O/c1-9-12-23-18(5)25(31(8)26(32)30(23)7)28-24(17(4)10-2)29(6)16-22-21-14-13-19(21)15-20(11-3)27-22/h12,15,17,19,21H,9-11,13-14,16H2,1-8H3/b23-12-,28-24+. The smallest absolute Gasteiger partial charge is 0.329 e. The van der Waals surface area contributed by atoms with Crippen LogP contribution in [0.5, 0.6) is 0 Å². The van der Waals surface area contributed by atoms with Gasteiger partial charge in [-0.25, -0.2) is 9.79 Å². The maximum Gasteiger partial charge on any atom is 0.329 e. The zero-order chi connectivity index (χ0) is 23.6. The topological polar surface area (TPSA) is 51.5 Å². The molecule has 2 amide bonds. The summed E-state index contributed by atoms with van der Waals surface area (Å²) in [5.41, 5.74) is 4.51. The van der Waals surface area contributed by atoms with E-state index in [0.29, 0.717) is 11.8 Å². The third kappa shape index (κ3) is 4.55. The molecule has 0 N–H and O–H groups in total. The number of hydrogen-bond acceptors (Lipinski definition) is 3. The summed E-state index contributed by atoms with van der Waals surface area (Å²) in [6.45, 7) is 11.6. The Morgan fingerprint density at radius 1 is 1.28 bits per heavy atom. The monoisotopic (exact) mass is 439 g/mol. The molecule has 1 aliphatic carbocycles. The maximum atomic E-state index is 12.9. The van der Waals surface area contributed by atoms with Crippen LogP contribution in [0.25, 0.3) is 0 Å². The van der Waals surface area contributed by atoms with Crippen molar-refractivity contribution in [2.75, 3.05) is 27.7 Å². The first kappa shape index (κ1) is 24.3. The second kappa shape index (κ2) is 10.1. The number of urea groups is 1. The average Bonchev–Trinajstić information content (AvgIpc) is 2.76. The van der Waals surface area contributed by atoms with Crippen molar-refractivity contribution in [1.82, 2.24) is 14.7 Å². The lowest BCUT2D eigenvalue weighted by Gasteiger charge is -2.40. The van der Waals surface area contributed by atoms with Crippen molar-refractivity contribution in [3.63, 3.8) is 0 Å². The first-order valence-electron chi connectivity index (χ1n) is 12.2. The summed E-state index contributed by atoms with van der Waals surface area (Å²) in [5.74, 6) is 3.30. The van der Waals surface area contributed by atoms with Gasteiger partial charge in [0.1, 0.15) is 11.7 Å². The molecule has 0 aromatic heterocycles. The van der Waals surface area contributed by atoms with Gasteiger partial charge in [0.15, 0.2) is 0 Å². The van der Waals surface area contributed by atoms with E-state index < -0.39 is 0 Å². The molecule has 1 fully saturated rings. The average molecular weight is 440 g/mol. The Morgan fingerprint density at radius 2 is 2.00 bits per heavy atom. The lowest BCUT2D eigenvalue weighted by Crippen LogP contribution is -2.45. The number of amidine groups is 1.